The minimum atomic E-state index is -5.20. The molecule has 5 nitrogen and oxygen atoms in total. The van der Waals surface area contributed by atoms with Gasteiger partial charge in [0.25, 0.3) is 6.43 Å². The average Bonchev–Trinajstić information content (AvgIpc) is 2.93. The quantitative estimate of drug-likeness (QED) is 0.483. The molecule has 1 fully saturated rings. The lowest BCUT2D eigenvalue weighted by molar-refractivity contribution is -0.141. The molecule has 0 atom stereocenters. The molecule has 0 spiro atoms. The zero-order valence-corrected chi connectivity index (χ0v) is 16.8. The molecule has 0 saturated carbocycles. The minimum absolute atomic E-state index is 0.0385. The summed E-state index contributed by atoms with van der Waals surface area (Å²) < 4.78 is 74.2. The van der Waals surface area contributed by atoms with Crippen LogP contribution in [0.15, 0.2) is 5.76 Å². The van der Waals surface area contributed by atoms with E-state index >= 15 is 0 Å². The van der Waals surface area contributed by atoms with E-state index in [9.17, 15) is 37.1 Å². The van der Waals surface area contributed by atoms with Crippen molar-refractivity contribution < 1.29 is 36.6 Å². The second kappa shape index (κ2) is 8.20. The van der Waals surface area contributed by atoms with Crippen LogP contribution in [0.4, 0.5) is 22.0 Å². The van der Waals surface area contributed by atoms with Gasteiger partial charge < -0.3 is 9.84 Å². The summed E-state index contributed by atoms with van der Waals surface area (Å²) in [4.78, 5) is 14.8. The fourth-order valence-electron chi connectivity index (χ4n) is 3.49. The number of rotatable bonds is 5. The first-order chi connectivity index (χ1) is 13.7. The fourth-order valence-corrected chi connectivity index (χ4v) is 3.49. The van der Waals surface area contributed by atoms with Crippen molar-refractivity contribution >= 4 is 11.5 Å². The van der Waals surface area contributed by atoms with Crippen molar-refractivity contribution in [3.05, 3.63) is 33.8 Å². The summed E-state index contributed by atoms with van der Waals surface area (Å²) in [5.74, 6) is -2.26. The van der Waals surface area contributed by atoms with Crippen molar-refractivity contribution in [3.8, 4) is 6.07 Å². The largest absolute Gasteiger partial charge is 0.496 e. The smallest absolute Gasteiger partial charge is 0.434 e. The van der Waals surface area contributed by atoms with Gasteiger partial charge in [0.05, 0.1) is 17.7 Å². The number of carbonyl (C=O) groups is 1. The van der Waals surface area contributed by atoms with E-state index in [-0.39, 0.29) is 18.8 Å². The highest BCUT2D eigenvalue weighted by Gasteiger charge is 2.44. The predicted molar refractivity (Wildman–Crippen MR) is 96.6 cm³/mol. The lowest BCUT2D eigenvalue weighted by Crippen LogP contribution is -2.23. The standard InChI is InChI=1S/C20H21F5N2O3/c1-9(2)7-10-12(11(8-26)16-19(3,4)5-6-30-16)15(20(23,24)25)27-14(17(21)22)13(10)18(28)29/h9,17H,5-7H2,1-4H3,(H,28,29)/b16-11-. The molecule has 0 aromatic carbocycles. The zero-order chi connectivity index (χ0) is 23.0. The van der Waals surface area contributed by atoms with E-state index in [1.807, 2.05) is 0 Å². The van der Waals surface area contributed by atoms with E-state index in [1.165, 1.54) is 0 Å². The van der Waals surface area contributed by atoms with Gasteiger partial charge in [-0.25, -0.2) is 18.6 Å². The van der Waals surface area contributed by atoms with Gasteiger partial charge in [0.1, 0.15) is 17.5 Å². The number of nitrogens with zero attached hydrogens (tertiary/aromatic N) is 2. The van der Waals surface area contributed by atoms with E-state index < -0.39 is 63.6 Å². The summed E-state index contributed by atoms with van der Waals surface area (Å²) in [6.45, 7) is 6.69. The van der Waals surface area contributed by atoms with Crippen molar-refractivity contribution in [2.45, 2.75) is 53.1 Å². The number of halogens is 5. The van der Waals surface area contributed by atoms with Gasteiger partial charge in [-0.15, -0.1) is 0 Å². The maximum atomic E-state index is 13.9. The molecule has 1 aliphatic rings. The third kappa shape index (κ3) is 4.40. The number of ether oxygens (including phenoxy) is 1. The van der Waals surface area contributed by atoms with Crippen LogP contribution >= 0.6 is 0 Å². The summed E-state index contributed by atoms with van der Waals surface area (Å²) in [5, 5.41) is 19.3. The van der Waals surface area contributed by atoms with Crippen molar-refractivity contribution in [2.75, 3.05) is 6.61 Å². The molecule has 1 saturated heterocycles. The Bertz CT molecular complexity index is 928. The number of allylic oxidation sites excluding steroid dienone is 2. The Morgan fingerprint density at radius 3 is 2.27 bits per heavy atom. The van der Waals surface area contributed by atoms with Crippen LogP contribution in [0.5, 0.6) is 0 Å². The molecular formula is C20H21F5N2O3. The Hall–Kier alpha value is -2.70. The molecule has 0 aliphatic carbocycles. The minimum Gasteiger partial charge on any atom is -0.496 e. The number of alkyl halides is 5. The second-order valence-electron chi connectivity index (χ2n) is 8.07. The number of nitriles is 1. The van der Waals surface area contributed by atoms with Gasteiger partial charge in [-0.2, -0.15) is 18.4 Å². The molecule has 2 rings (SSSR count). The van der Waals surface area contributed by atoms with Crippen LogP contribution in [0.3, 0.4) is 0 Å². The van der Waals surface area contributed by atoms with E-state index in [0.29, 0.717) is 6.42 Å². The summed E-state index contributed by atoms with van der Waals surface area (Å²) in [6.07, 6.45) is -8.61. The SMILES string of the molecule is CC(C)Cc1c(C(=O)O)c(C(F)F)nc(C(F)(F)F)c1/C(C#N)=C1\OCCC1(C)C. The Kier molecular flexibility index (Phi) is 6.45. The Morgan fingerprint density at radius 2 is 1.90 bits per heavy atom. The molecule has 0 unspecified atom stereocenters. The van der Waals surface area contributed by atoms with Gasteiger partial charge in [0.15, 0.2) is 5.69 Å². The first-order valence-corrected chi connectivity index (χ1v) is 9.15. The third-order valence-corrected chi connectivity index (χ3v) is 4.81. The molecule has 0 amide bonds. The summed E-state index contributed by atoms with van der Waals surface area (Å²) >= 11 is 0. The number of aromatic nitrogens is 1. The molecule has 1 N–H and O–H groups in total. The predicted octanol–water partition coefficient (Wildman–Crippen LogP) is 5.62. The van der Waals surface area contributed by atoms with Crippen LogP contribution < -0.4 is 0 Å². The van der Waals surface area contributed by atoms with Gasteiger partial charge >= 0.3 is 12.1 Å². The van der Waals surface area contributed by atoms with Crippen LogP contribution in [0, 0.1) is 22.7 Å². The third-order valence-electron chi connectivity index (χ3n) is 4.81. The normalized spacial score (nSPS) is 17.8. The van der Waals surface area contributed by atoms with Crippen LogP contribution in [-0.2, 0) is 17.3 Å². The highest BCUT2D eigenvalue weighted by molar-refractivity contribution is 5.94. The molecule has 10 heteroatoms. The number of carboxylic acids is 1. The lowest BCUT2D eigenvalue weighted by atomic mass is 9.82. The number of hydrogen-bond donors (Lipinski definition) is 1. The number of hydrogen-bond acceptors (Lipinski definition) is 4. The summed E-state index contributed by atoms with van der Waals surface area (Å²) in [6, 6.07) is 1.69. The van der Waals surface area contributed by atoms with E-state index in [4.69, 9.17) is 4.74 Å². The second-order valence-corrected chi connectivity index (χ2v) is 8.07. The van der Waals surface area contributed by atoms with E-state index in [0.717, 1.165) is 0 Å². The van der Waals surface area contributed by atoms with Crippen LogP contribution in [0.2, 0.25) is 0 Å². The Balaban J connectivity index is 3.13. The summed E-state index contributed by atoms with van der Waals surface area (Å²) in [7, 11) is 0. The monoisotopic (exact) mass is 432 g/mol. The molecular weight excluding hydrogens is 411 g/mol. The van der Waals surface area contributed by atoms with Crippen LogP contribution in [-0.4, -0.2) is 22.7 Å². The number of carboxylic acid groups (broad SMARTS) is 1. The van der Waals surface area contributed by atoms with E-state index in [1.54, 1.807) is 33.8 Å². The van der Waals surface area contributed by atoms with Gasteiger partial charge in [0, 0.05) is 11.0 Å². The maximum absolute atomic E-state index is 13.9. The Labute approximate surface area is 170 Å². The van der Waals surface area contributed by atoms with Gasteiger partial charge in [-0.3, -0.25) is 0 Å². The molecule has 0 bridgehead atoms. The number of aromatic carboxylic acids is 1. The van der Waals surface area contributed by atoms with Crippen LogP contribution in [0.1, 0.15) is 73.4 Å². The fraction of sp³-hybridized carbons (Fsp3) is 0.550. The molecule has 1 aromatic rings. The van der Waals surface area contributed by atoms with Gasteiger partial charge in [-0.05, 0) is 24.3 Å². The van der Waals surface area contributed by atoms with Crippen LogP contribution in [0.25, 0.3) is 5.57 Å². The highest BCUT2D eigenvalue weighted by Crippen LogP contribution is 2.46. The summed E-state index contributed by atoms with van der Waals surface area (Å²) in [5.41, 5.74) is -6.82. The molecule has 1 aromatic heterocycles. The topological polar surface area (TPSA) is 83.2 Å². The maximum Gasteiger partial charge on any atom is 0.434 e. The van der Waals surface area contributed by atoms with Crippen molar-refractivity contribution in [1.29, 1.82) is 5.26 Å². The first kappa shape index (κ1) is 23.6. The molecule has 1 aliphatic heterocycles. The van der Waals surface area contributed by atoms with E-state index in [2.05, 4.69) is 4.98 Å². The van der Waals surface area contributed by atoms with Crippen molar-refractivity contribution in [1.82, 2.24) is 4.98 Å². The zero-order valence-electron chi connectivity index (χ0n) is 16.8. The number of pyridine rings is 1. The molecule has 0 radical (unpaired) electrons. The van der Waals surface area contributed by atoms with Crippen molar-refractivity contribution in [3.63, 3.8) is 0 Å². The lowest BCUT2D eigenvalue weighted by Gasteiger charge is -2.24. The van der Waals surface area contributed by atoms with Gasteiger partial charge in [-0.1, -0.05) is 27.7 Å². The first-order valence-electron chi connectivity index (χ1n) is 9.15. The molecule has 30 heavy (non-hydrogen) atoms. The Morgan fingerprint density at radius 1 is 1.30 bits per heavy atom. The molecule has 2 heterocycles. The average molecular weight is 432 g/mol. The van der Waals surface area contributed by atoms with Crippen molar-refractivity contribution in [2.24, 2.45) is 11.3 Å². The molecule has 164 valence electrons. The highest BCUT2D eigenvalue weighted by atomic mass is 19.4. The van der Waals surface area contributed by atoms with Gasteiger partial charge in [0.2, 0.25) is 0 Å².